The fourth-order valence-electron chi connectivity index (χ4n) is 0. The van der Waals surface area contributed by atoms with Gasteiger partial charge < -0.3 is 0 Å². The molecule has 0 spiro atoms. The van der Waals surface area contributed by atoms with Gasteiger partial charge in [0.1, 0.15) is 0 Å². The van der Waals surface area contributed by atoms with Crippen LogP contribution in [0.25, 0.3) is 0 Å². The summed E-state index contributed by atoms with van der Waals surface area (Å²) in [4.78, 5) is 0. The number of hydrogen-bond acceptors (Lipinski definition) is 8. The summed E-state index contributed by atoms with van der Waals surface area (Å²) in [5.41, 5.74) is 0. The summed E-state index contributed by atoms with van der Waals surface area (Å²) in [7, 11) is 0. The average Bonchev–Trinajstić information content (AvgIpc) is 2.03. The van der Waals surface area contributed by atoms with E-state index in [0.717, 1.165) is 0 Å². The first kappa shape index (κ1) is 89.1. The van der Waals surface area contributed by atoms with Crippen molar-refractivity contribution in [2.24, 2.45) is 0 Å². The number of nitrogens with one attached hydrogen (secondary N) is 4. The summed E-state index contributed by atoms with van der Waals surface area (Å²) in [6, 6.07) is 0. The molecule has 80 valence electrons. The van der Waals surface area contributed by atoms with E-state index in [9.17, 15) is 0 Å². The van der Waals surface area contributed by atoms with Crippen molar-refractivity contribution in [3.63, 3.8) is 0 Å². The molecule has 0 aliphatic carbocycles. The summed E-state index contributed by atoms with van der Waals surface area (Å²) in [5.74, 6) is 0. The van der Waals surface area contributed by atoms with Crippen LogP contribution in [-0.4, -0.2) is 0 Å². The van der Waals surface area contributed by atoms with Crippen LogP contribution in [0.15, 0.2) is 0 Å². The van der Waals surface area contributed by atoms with Crippen molar-refractivity contribution in [1.82, 2.24) is 0 Å². The summed E-state index contributed by atoms with van der Waals surface area (Å²) in [6.07, 6.45) is 0. The molecule has 0 fully saturated rings. The van der Waals surface area contributed by atoms with Gasteiger partial charge in [0.25, 0.3) is 0 Å². The molecule has 0 radical (unpaired) electrons. The highest BCUT2D eigenvalue weighted by Gasteiger charge is 0.624. The standard InChI is InChI=1S/4CH4.4HNS/c;;;;4*1-2/h4*1H4;4*1H. The number of hydrogen-bond donors (Lipinski definition) is 4. The van der Waals surface area contributed by atoms with Gasteiger partial charge in [-0.1, -0.05) is 29.7 Å². The lowest BCUT2D eigenvalue weighted by molar-refractivity contribution is 1.67. The highest BCUT2D eigenvalue weighted by molar-refractivity contribution is 7.46. The van der Waals surface area contributed by atoms with Gasteiger partial charge in [-0.05, 0) is 0 Å². The molecule has 0 heterocycles. The normalized spacial score (nSPS) is 1.33. The van der Waals surface area contributed by atoms with Crippen LogP contribution in [0.1, 0.15) is 29.7 Å². The highest BCUT2D eigenvalue weighted by atomic mass is 32.1. The molecule has 0 aromatic rings. The summed E-state index contributed by atoms with van der Waals surface area (Å²) in [6.45, 7) is 0. The Morgan fingerprint density at radius 3 is 0.333 bits per heavy atom. The van der Waals surface area contributed by atoms with E-state index in [1.54, 1.807) is 0 Å². The van der Waals surface area contributed by atoms with Gasteiger partial charge in [0.2, 0.25) is 0 Å². The molecule has 0 aromatic heterocycles. The van der Waals surface area contributed by atoms with E-state index in [2.05, 4.69) is 49.7 Å². The molecular weight excluding hydrogens is 232 g/mol. The minimum absolute atomic E-state index is 0. The number of rotatable bonds is 0. The Morgan fingerprint density at radius 2 is 0.333 bits per heavy atom. The molecule has 0 aromatic carbocycles. The van der Waals surface area contributed by atoms with Crippen LogP contribution in [0, 0.1) is 19.1 Å². The Morgan fingerprint density at radius 1 is 0.333 bits per heavy atom. The third-order valence-corrected chi connectivity index (χ3v) is 0. The van der Waals surface area contributed by atoms with E-state index in [-0.39, 0.29) is 29.7 Å². The maximum atomic E-state index is 5.33. The summed E-state index contributed by atoms with van der Waals surface area (Å²) >= 11 is 13.3. The Balaban J connectivity index is -0.00000000267. The first-order chi connectivity index (χ1) is 4.00. The van der Waals surface area contributed by atoms with Crippen molar-refractivity contribution in [3.05, 3.63) is 0 Å². The fourth-order valence-corrected chi connectivity index (χ4v) is 0. The molecular formula is C4H20N4S4. The SMILES string of the molecule is C.C.C.C.N=S.N=S.N=S.N=S. The zero-order chi connectivity index (χ0) is 8.00. The average molecular weight is 253 g/mol. The van der Waals surface area contributed by atoms with Crippen LogP contribution in [0.2, 0.25) is 0 Å². The predicted octanol–water partition coefficient (Wildman–Crippen LogP) is 3.73. The molecule has 8 heteroatoms. The molecule has 0 amide bonds. The molecule has 0 saturated carbocycles. The van der Waals surface area contributed by atoms with E-state index in [4.69, 9.17) is 19.1 Å². The van der Waals surface area contributed by atoms with Crippen molar-refractivity contribution in [1.29, 1.82) is 19.1 Å². The van der Waals surface area contributed by atoms with Crippen LogP contribution in [0.4, 0.5) is 0 Å². The fraction of sp³-hybridized carbons (Fsp3) is 1.00. The van der Waals surface area contributed by atoms with E-state index in [1.165, 1.54) is 0 Å². The van der Waals surface area contributed by atoms with E-state index < -0.39 is 0 Å². The third kappa shape index (κ3) is 130000. The van der Waals surface area contributed by atoms with Gasteiger partial charge in [-0.3, -0.25) is 0 Å². The van der Waals surface area contributed by atoms with Gasteiger partial charge in [0.15, 0.2) is 0 Å². The zero-order valence-corrected chi connectivity index (χ0v) is 6.90. The van der Waals surface area contributed by atoms with Crippen molar-refractivity contribution >= 4 is 49.7 Å². The second kappa shape index (κ2) is 176000. The maximum Gasteiger partial charge on any atom is 0.0324 e. The van der Waals surface area contributed by atoms with Crippen LogP contribution in [0.5, 0.6) is 0 Å². The minimum atomic E-state index is 0. The quantitative estimate of drug-likeness (QED) is 0.528. The third-order valence-electron chi connectivity index (χ3n) is 0. The van der Waals surface area contributed by atoms with Gasteiger partial charge >= 0.3 is 0 Å². The molecule has 0 aliphatic heterocycles. The van der Waals surface area contributed by atoms with Crippen LogP contribution in [0.3, 0.4) is 0 Å². The van der Waals surface area contributed by atoms with Crippen molar-refractivity contribution in [2.45, 2.75) is 29.7 Å². The van der Waals surface area contributed by atoms with Crippen molar-refractivity contribution in [3.8, 4) is 0 Å². The maximum absolute atomic E-state index is 5.33. The zero-order valence-electron chi connectivity index (χ0n) is 3.63. The van der Waals surface area contributed by atoms with Gasteiger partial charge in [-0.25, -0.2) is 19.1 Å². The molecule has 4 N–H and O–H groups in total. The summed E-state index contributed by atoms with van der Waals surface area (Å²) in [5, 5.41) is 0. The second-order valence-electron chi connectivity index (χ2n) is 0. The summed E-state index contributed by atoms with van der Waals surface area (Å²) < 4.78 is 21.3. The Bertz CT molecular complexity index is 27.0. The van der Waals surface area contributed by atoms with E-state index >= 15 is 0 Å². The lowest BCUT2D eigenvalue weighted by Gasteiger charge is -0.821. The van der Waals surface area contributed by atoms with Crippen molar-refractivity contribution in [2.75, 3.05) is 0 Å². The Kier molecular flexibility index (Phi) is 1310000. The molecule has 4 nitrogen and oxygen atoms in total. The smallest absolute Gasteiger partial charge is 0.0324 e. The largest absolute Gasteiger partial charge is 0.235 e. The van der Waals surface area contributed by atoms with Gasteiger partial charge in [-0.2, -0.15) is 0 Å². The predicted molar refractivity (Wildman–Crippen MR) is 67.3 cm³/mol. The Labute approximate surface area is 98.4 Å². The first-order valence-corrected chi connectivity index (χ1v) is 2.45. The molecule has 0 aliphatic rings. The molecule has 12 heavy (non-hydrogen) atoms. The monoisotopic (exact) mass is 252 g/mol. The molecule has 0 atom stereocenters. The van der Waals surface area contributed by atoms with E-state index in [1.807, 2.05) is 0 Å². The van der Waals surface area contributed by atoms with Gasteiger partial charge in [0.05, 0.1) is 0 Å². The molecule has 0 bridgehead atoms. The van der Waals surface area contributed by atoms with Gasteiger partial charge in [-0.15, -0.1) is 0 Å². The van der Waals surface area contributed by atoms with Crippen LogP contribution in [-0.2, 0) is 49.7 Å². The lowest BCUT2D eigenvalue weighted by atomic mass is 12.0. The topological polar surface area (TPSA) is 95.4 Å². The van der Waals surface area contributed by atoms with E-state index in [0.29, 0.717) is 0 Å². The van der Waals surface area contributed by atoms with Crippen LogP contribution < -0.4 is 0 Å². The minimum Gasteiger partial charge on any atom is -0.235 e. The molecule has 0 unspecified atom stereocenters. The van der Waals surface area contributed by atoms with Crippen molar-refractivity contribution < 1.29 is 0 Å². The second-order valence-corrected chi connectivity index (χ2v) is 0. The van der Waals surface area contributed by atoms with Gasteiger partial charge in [0, 0.05) is 49.7 Å². The lowest BCUT2D eigenvalue weighted by Crippen LogP contribution is -0.668. The first-order valence-electron chi connectivity index (χ1n) is 0.816. The molecule has 0 rings (SSSR count). The van der Waals surface area contributed by atoms with Crippen LogP contribution >= 0.6 is 0 Å². The highest BCUT2D eigenvalue weighted by Crippen LogP contribution is 0.755. The molecule has 0 saturated heterocycles. The Hall–Kier alpha value is 0.0800.